The third-order valence-electron chi connectivity index (χ3n) is 3.01. The van der Waals surface area contributed by atoms with E-state index in [-0.39, 0.29) is 17.1 Å². The van der Waals surface area contributed by atoms with Crippen molar-refractivity contribution in [1.29, 1.82) is 0 Å². The normalized spacial score (nSPS) is 11.0. The van der Waals surface area contributed by atoms with E-state index in [4.69, 9.17) is 0 Å². The van der Waals surface area contributed by atoms with Gasteiger partial charge >= 0.3 is 6.03 Å². The molecule has 0 spiro atoms. The number of fused-ring (bicyclic) bond motifs is 1. The first kappa shape index (κ1) is 15.5. The Kier molecular flexibility index (Phi) is 5.07. The molecule has 116 valence electrons. The van der Waals surface area contributed by atoms with Gasteiger partial charge in [0.05, 0.1) is 6.21 Å². The first-order valence-electron chi connectivity index (χ1n) is 6.94. The van der Waals surface area contributed by atoms with Gasteiger partial charge in [0.25, 0.3) is 11.0 Å². The molecule has 2 amide bonds. The number of nitrogens with zero attached hydrogens (tertiary/aromatic N) is 3. The number of urea groups is 1. The summed E-state index contributed by atoms with van der Waals surface area (Å²) in [6.07, 6.45) is 5.58. The van der Waals surface area contributed by atoms with Crippen molar-refractivity contribution in [2.75, 3.05) is 6.54 Å². The van der Waals surface area contributed by atoms with Crippen molar-refractivity contribution in [2.45, 2.75) is 19.8 Å². The summed E-state index contributed by atoms with van der Waals surface area (Å²) in [5.41, 5.74) is 3.42. The molecule has 0 unspecified atom stereocenters. The predicted molar refractivity (Wildman–Crippen MR) is 80.9 cm³/mol. The monoisotopic (exact) mass is 303 g/mol. The lowest BCUT2D eigenvalue weighted by atomic mass is 10.2. The van der Waals surface area contributed by atoms with Gasteiger partial charge < -0.3 is 15.7 Å². The van der Waals surface area contributed by atoms with Crippen molar-refractivity contribution < 1.29 is 14.3 Å². The summed E-state index contributed by atoms with van der Waals surface area (Å²) in [5.74, 6) is 0. The van der Waals surface area contributed by atoms with Gasteiger partial charge in [0.15, 0.2) is 0 Å². The number of unbranched alkanes of at least 4 members (excludes halogenated alkanes) is 1. The van der Waals surface area contributed by atoms with E-state index in [2.05, 4.69) is 15.8 Å². The van der Waals surface area contributed by atoms with Crippen molar-refractivity contribution in [1.82, 2.24) is 10.7 Å². The fourth-order valence-corrected chi connectivity index (χ4v) is 1.85. The van der Waals surface area contributed by atoms with Gasteiger partial charge in [0, 0.05) is 24.2 Å². The number of carbonyl (C=O) groups is 1. The Balaban J connectivity index is 2.04. The average molecular weight is 303 g/mol. The minimum Gasteiger partial charge on any atom is -0.618 e. The van der Waals surface area contributed by atoms with E-state index in [1.165, 1.54) is 18.3 Å². The van der Waals surface area contributed by atoms with Crippen LogP contribution in [-0.2, 0) is 0 Å². The molecule has 0 saturated carbocycles. The van der Waals surface area contributed by atoms with Crippen LogP contribution in [0.4, 0.5) is 4.79 Å². The van der Waals surface area contributed by atoms with Crippen molar-refractivity contribution in [3.63, 3.8) is 0 Å². The van der Waals surface area contributed by atoms with Crippen LogP contribution in [-0.4, -0.2) is 18.8 Å². The lowest BCUT2D eigenvalue weighted by Gasteiger charge is -2.03. The molecule has 0 aliphatic carbocycles. The minimum atomic E-state index is -0.387. The van der Waals surface area contributed by atoms with Crippen LogP contribution in [0.25, 0.3) is 11.0 Å². The second kappa shape index (κ2) is 7.21. The highest BCUT2D eigenvalue weighted by molar-refractivity contribution is 5.85. The molecule has 0 fully saturated rings. The van der Waals surface area contributed by atoms with Gasteiger partial charge in [-0.25, -0.2) is 10.2 Å². The van der Waals surface area contributed by atoms with Crippen LogP contribution in [0.3, 0.4) is 0 Å². The molecule has 1 heterocycles. The summed E-state index contributed by atoms with van der Waals surface area (Å²) in [6, 6.07) is 4.30. The highest BCUT2D eigenvalue weighted by Gasteiger charge is 2.12. The van der Waals surface area contributed by atoms with E-state index in [0.29, 0.717) is 21.6 Å². The lowest BCUT2D eigenvalue weighted by molar-refractivity contribution is -0.628. The molecule has 2 aromatic rings. The molecule has 22 heavy (non-hydrogen) atoms. The van der Waals surface area contributed by atoms with E-state index in [9.17, 15) is 15.2 Å². The maximum atomic E-state index is 11.7. The molecule has 1 aromatic carbocycles. The molecular weight excluding hydrogens is 286 g/mol. The van der Waals surface area contributed by atoms with E-state index in [1.54, 1.807) is 6.07 Å². The van der Waals surface area contributed by atoms with E-state index in [1.807, 2.05) is 6.92 Å². The summed E-state index contributed by atoms with van der Waals surface area (Å²) < 4.78 is 1.22. The average Bonchev–Trinajstić information content (AvgIpc) is 2.51. The first-order chi connectivity index (χ1) is 10.6. The largest absolute Gasteiger partial charge is 0.618 e. The predicted octanol–water partition coefficient (Wildman–Crippen LogP) is 0.540. The fourth-order valence-electron chi connectivity index (χ4n) is 1.85. The van der Waals surface area contributed by atoms with Gasteiger partial charge in [0.2, 0.25) is 12.4 Å². The van der Waals surface area contributed by atoms with Gasteiger partial charge in [-0.15, -0.1) is 0 Å². The molecule has 0 radical (unpaired) electrons. The molecule has 8 heteroatoms. The van der Waals surface area contributed by atoms with Gasteiger partial charge in [-0.3, -0.25) is 0 Å². The summed E-state index contributed by atoms with van der Waals surface area (Å²) in [5, 5.41) is 29.6. The summed E-state index contributed by atoms with van der Waals surface area (Å²) in [6.45, 7) is 2.62. The van der Waals surface area contributed by atoms with Crippen LogP contribution in [0.2, 0.25) is 0 Å². The minimum absolute atomic E-state index is 0.230. The zero-order valence-electron chi connectivity index (χ0n) is 12.2. The van der Waals surface area contributed by atoms with E-state index >= 15 is 0 Å². The molecule has 0 atom stereocenters. The van der Waals surface area contributed by atoms with Gasteiger partial charge in [0.1, 0.15) is 0 Å². The van der Waals surface area contributed by atoms with Crippen molar-refractivity contribution >= 4 is 23.3 Å². The number of benzene rings is 1. The number of rotatable bonds is 5. The number of hydrogen-bond acceptors (Lipinski definition) is 4. The third kappa shape index (κ3) is 3.81. The Bertz CT molecular complexity index is 702. The summed E-state index contributed by atoms with van der Waals surface area (Å²) in [7, 11) is 0. The molecular formula is C14H17N5O3. The summed E-state index contributed by atoms with van der Waals surface area (Å²) >= 11 is 0. The Labute approximate surface area is 127 Å². The van der Waals surface area contributed by atoms with Crippen molar-refractivity contribution in [3.05, 3.63) is 46.6 Å². The number of aromatic nitrogens is 2. The number of hydrazone groups is 1. The first-order valence-corrected chi connectivity index (χ1v) is 6.94. The third-order valence-corrected chi connectivity index (χ3v) is 3.01. The molecule has 0 bridgehead atoms. The standard InChI is InChI=1S/C14H17N5O3/c1-2-3-6-15-14(20)17-16-10-11-4-5-12-13(9-11)19(22)8-7-18(12)21/h4-5,7-10H,2-3,6H2,1H3,(H2,15,17,20)/b16-10+. The molecule has 2 N–H and O–H groups in total. The number of carbonyl (C=O) groups excluding carboxylic acids is 1. The number of hydrogen-bond donors (Lipinski definition) is 2. The quantitative estimate of drug-likeness (QED) is 0.277. The maximum Gasteiger partial charge on any atom is 0.335 e. The van der Waals surface area contributed by atoms with Gasteiger partial charge in [-0.2, -0.15) is 14.6 Å². The summed E-state index contributed by atoms with van der Waals surface area (Å²) in [4.78, 5) is 11.4. The van der Waals surface area contributed by atoms with E-state index < -0.39 is 0 Å². The number of nitrogens with one attached hydrogen (secondary N) is 2. The zero-order chi connectivity index (χ0) is 15.9. The van der Waals surface area contributed by atoms with Crippen LogP contribution in [0.15, 0.2) is 35.7 Å². The molecule has 2 rings (SSSR count). The Morgan fingerprint density at radius 1 is 1.27 bits per heavy atom. The fraction of sp³-hybridized carbons (Fsp3) is 0.286. The molecule has 1 aromatic heterocycles. The number of amides is 2. The highest BCUT2D eigenvalue weighted by atomic mass is 16.5. The highest BCUT2D eigenvalue weighted by Crippen LogP contribution is 2.06. The van der Waals surface area contributed by atoms with Crippen molar-refractivity contribution in [3.8, 4) is 0 Å². The van der Waals surface area contributed by atoms with Crippen LogP contribution < -0.4 is 20.2 Å². The van der Waals surface area contributed by atoms with Crippen molar-refractivity contribution in [2.24, 2.45) is 5.10 Å². The molecule has 0 aliphatic rings. The van der Waals surface area contributed by atoms with Gasteiger partial charge in [-0.05, 0) is 12.5 Å². The maximum absolute atomic E-state index is 11.7. The van der Waals surface area contributed by atoms with E-state index in [0.717, 1.165) is 25.2 Å². The molecule has 0 saturated heterocycles. The van der Waals surface area contributed by atoms with Crippen LogP contribution in [0.5, 0.6) is 0 Å². The Morgan fingerprint density at radius 2 is 2.00 bits per heavy atom. The van der Waals surface area contributed by atoms with Crippen LogP contribution >= 0.6 is 0 Å². The van der Waals surface area contributed by atoms with Crippen LogP contribution in [0.1, 0.15) is 25.3 Å². The van der Waals surface area contributed by atoms with Crippen LogP contribution in [0, 0.1) is 10.4 Å². The molecule has 8 nitrogen and oxygen atoms in total. The second-order valence-corrected chi connectivity index (χ2v) is 4.68. The Hall–Kier alpha value is -2.90. The zero-order valence-corrected chi connectivity index (χ0v) is 12.2. The van der Waals surface area contributed by atoms with Gasteiger partial charge in [-0.1, -0.05) is 13.3 Å². The smallest absolute Gasteiger partial charge is 0.335 e. The SMILES string of the molecule is CCCCNC(=O)N/N=C/c1ccc2c(c1)[n+]([O-])cc[n+]2[O-]. The molecule has 0 aliphatic heterocycles. The topological polar surface area (TPSA) is 107 Å². The lowest BCUT2D eigenvalue weighted by Crippen LogP contribution is -2.36. The second-order valence-electron chi connectivity index (χ2n) is 4.68. The Morgan fingerprint density at radius 3 is 2.73 bits per heavy atom.